The molecule has 0 saturated heterocycles. The number of carbonyl (C=O) groups excluding carboxylic acids is 2. The van der Waals surface area contributed by atoms with Gasteiger partial charge in [-0.25, -0.2) is 0 Å². The topological polar surface area (TPSA) is 51.2 Å². The summed E-state index contributed by atoms with van der Waals surface area (Å²) in [5.74, 6) is 0.0752. The molecule has 0 aliphatic carbocycles. The standard InChI is InChI=1S/C22H21O2P.C13H10O/c1-16-14-17(2)21(18(3)15-16)22(23)25(24,19-10-6-4-7-11-19)20-12-8-5-9-13-20;14-13(11-7-3-1-4-8-11)12-9-5-2-6-10-12/h4-15H,1-3H3;1-10H. The minimum Gasteiger partial charge on any atom is -0.305 e. The summed E-state index contributed by atoms with van der Waals surface area (Å²) in [7, 11) is -3.44. The van der Waals surface area contributed by atoms with E-state index in [2.05, 4.69) is 0 Å². The Kier molecular flexibility index (Phi) is 8.86. The summed E-state index contributed by atoms with van der Waals surface area (Å²) in [6, 6.07) is 40.7. The van der Waals surface area contributed by atoms with Crippen molar-refractivity contribution >= 4 is 29.1 Å². The smallest absolute Gasteiger partial charge is 0.230 e. The van der Waals surface area contributed by atoms with Gasteiger partial charge in [-0.15, -0.1) is 0 Å². The SMILES string of the molecule is Cc1cc(C)c(C(=O)P(=O)(c2ccccc2)c2ccccc2)c(C)c1.O=C(c1ccccc1)c1ccccc1. The van der Waals surface area contributed by atoms with E-state index in [4.69, 9.17) is 0 Å². The highest BCUT2D eigenvalue weighted by atomic mass is 31.2. The van der Waals surface area contributed by atoms with Gasteiger partial charge >= 0.3 is 0 Å². The first kappa shape index (κ1) is 27.7. The molecule has 3 nitrogen and oxygen atoms in total. The molecule has 4 heteroatoms. The van der Waals surface area contributed by atoms with Crippen molar-refractivity contribution in [2.75, 3.05) is 0 Å². The molecule has 0 amide bonds. The summed E-state index contributed by atoms with van der Waals surface area (Å²) in [5, 5.41) is 1.15. The van der Waals surface area contributed by atoms with Crippen molar-refractivity contribution in [2.24, 2.45) is 0 Å². The lowest BCUT2D eigenvalue weighted by Crippen LogP contribution is -2.23. The van der Waals surface area contributed by atoms with Gasteiger partial charge < -0.3 is 4.57 Å². The Morgan fingerprint density at radius 1 is 0.513 bits per heavy atom. The van der Waals surface area contributed by atoms with E-state index in [0.29, 0.717) is 16.2 Å². The fourth-order valence-electron chi connectivity index (χ4n) is 4.68. The van der Waals surface area contributed by atoms with E-state index in [9.17, 15) is 14.2 Å². The summed E-state index contributed by atoms with van der Waals surface area (Å²) in [4.78, 5) is 25.4. The Balaban J connectivity index is 0.000000212. The number of aryl methyl sites for hydroxylation is 3. The maximum absolute atomic E-state index is 14.2. The molecule has 0 atom stereocenters. The number of rotatable bonds is 6. The first-order valence-corrected chi connectivity index (χ1v) is 14.5. The van der Waals surface area contributed by atoms with Crippen LogP contribution in [0.5, 0.6) is 0 Å². The van der Waals surface area contributed by atoms with Crippen LogP contribution in [0.1, 0.15) is 43.0 Å². The predicted octanol–water partition coefficient (Wildman–Crippen LogP) is 7.68. The molecule has 0 aliphatic rings. The van der Waals surface area contributed by atoms with Crippen LogP contribution in [0.25, 0.3) is 0 Å². The van der Waals surface area contributed by atoms with E-state index in [1.54, 1.807) is 24.3 Å². The molecule has 39 heavy (non-hydrogen) atoms. The maximum Gasteiger partial charge on any atom is 0.230 e. The van der Waals surface area contributed by atoms with Crippen LogP contribution < -0.4 is 10.6 Å². The van der Waals surface area contributed by atoms with Crippen LogP contribution in [0.4, 0.5) is 0 Å². The van der Waals surface area contributed by atoms with Crippen molar-refractivity contribution in [3.8, 4) is 0 Å². The second kappa shape index (κ2) is 12.5. The van der Waals surface area contributed by atoms with Gasteiger partial charge in [0.15, 0.2) is 5.78 Å². The quantitative estimate of drug-likeness (QED) is 0.167. The summed E-state index contributed by atoms with van der Waals surface area (Å²) in [6.45, 7) is 5.82. The van der Waals surface area contributed by atoms with Gasteiger partial charge in [0, 0.05) is 27.3 Å². The third kappa shape index (κ3) is 6.22. The number of hydrogen-bond acceptors (Lipinski definition) is 3. The Bertz CT molecular complexity index is 1500. The third-order valence-corrected chi connectivity index (χ3v) is 9.33. The molecule has 0 fully saturated rings. The third-order valence-electron chi connectivity index (χ3n) is 6.49. The zero-order chi connectivity index (χ0) is 27.8. The molecule has 0 bridgehead atoms. The van der Waals surface area contributed by atoms with E-state index in [1.165, 1.54) is 0 Å². The van der Waals surface area contributed by atoms with Crippen molar-refractivity contribution in [1.29, 1.82) is 0 Å². The minimum atomic E-state index is -3.44. The lowest BCUT2D eigenvalue weighted by atomic mass is 10.0. The molecular weight excluding hydrogens is 499 g/mol. The van der Waals surface area contributed by atoms with Crippen LogP contribution in [0, 0.1) is 20.8 Å². The number of hydrogen-bond donors (Lipinski definition) is 0. The molecule has 0 radical (unpaired) electrons. The molecule has 0 aliphatic heterocycles. The summed E-state index contributed by atoms with van der Waals surface area (Å²) < 4.78 is 14.2. The fourth-order valence-corrected chi connectivity index (χ4v) is 7.30. The van der Waals surface area contributed by atoms with Gasteiger partial charge in [-0.2, -0.15) is 0 Å². The van der Waals surface area contributed by atoms with Gasteiger partial charge in [-0.1, -0.05) is 139 Å². The number of ketones is 1. The predicted molar refractivity (Wildman–Crippen MR) is 161 cm³/mol. The Labute approximate surface area is 230 Å². The minimum absolute atomic E-state index is 0.0752. The second-order valence-corrected chi connectivity index (χ2v) is 12.1. The zero-order valence-electron chi connectivity index (χ0n) is 22.4. The van der Waals surface area contributed by atoms with Gasteiger partial charge in [-0.3, -0.25) is 9.59 Å². The zero-order valence-corrected chi connectivity index (χ0v) is 23.3. The van der Waals surface area contributed by atoms with E-state index in [1.807, 2.05) is 130 Å². The highest BCUT2D eigenvalue weighted by Crippen LogP contribution is 2.47. The molecule has 0 aromatic heterocycles. The molecule has 0 saturated carbocycles. The van der Waals surface area contributed by atoms with Crippen molar-refractivity contribution in [1.82, 2.24) is 0 Å². The van der Waals surface area contributed by atoms with E-state index >= 15 is 0 Å². The maximum atomic E-state index is 14.2. The lowest BCUT2D eigenvalue weighted by molar-refractivity contribution is 0.103. The molecule has 5 aromatic carbocycles. The van der Waals surface area contributed by atoms with Crippen LogP contribution in [-0.2, 0) is 4.57 Å². The second-order valence-electron chi connectivity index (χ2n) is 9.42. The van der Waals surface area contributed by atoms with Crippen LogP contribution in [-0.4, -0.2) is 11.3 Å². The molecule has 0 heterocycles. The summed E-state index contributed by atoms with van der Waals surface area (Å²) >= 11 is 0. The summed E-state index contributed by atoms with van der Waals surface area (Å²) in [5.41, 5.74) is 4.59. The fraction of sp³-hybridized carbons (Fsp3) is 0.0857. The number of carbonyl (C=O) groups is 2. The van der Waals surface area contributed by atoms with Crippen molar-refractivity contribution in [3.05, 3.63) is 167 Å². The molecule has 0 unspecified atom stereocenters. The number of benzene rings is 5. The monoisotopic (exact) mass is 530 g/mol. The van der Waals surface area contributed by atoms with Crippen LogP contribution in [0.3, 0.4) is 0 Å². The Morgan fingerprint density at radius 2 is 0.846 bits per heavy atom. The van der Waals surface area contributed by atoms with E-state index in [-0.39, 0.29) is 11.3 Å². The van der Waals surface area contributed by atoms with Crippen molar-refractivity contribution in [3.63, 3.8) is 0 Å². The van der Waals surface area contributed by atoms with Crippen LogP contribution in [0.15, 0.2) is 133 Å². The van der Waals surface area contributed by atoms with Crippen LogP contribution >= 0.6 is 7.14 Å². The first-order chi connectivity index (χ1) is 18.8. The molecule has 0 spiro atoms. The van der Waals surface area contributed by atoms with Crippen molar-refractivity contribution < 1.29 is 14.2 Å². The summed E-state index contributed by atoms with van der Waals surface area (Å²) in [6.07, 6.45) is 0. The molecule has 5 aromatic rings. The molecule has 0 N–H and O–H groups in total. The van der Waals surface area contributed by atoms with E-state index in [0.717, 1.165) is 27.8 Å². The molecular formula is C35H31O3P. The largest absolute Gasteiger partial charge is 0.305 e. The highest BCUT2D eigenvalue weighted by molar-refractivity contribution is 7.93. The highest BCUT2D eigenvalue weighted by Gasteiger charge is 2.37. The Morgan fingerprint density at radius 3 is 1.21 bits per heavy atom. The van der Waals surface area contributed by atoms with Gasteiger partial charge in [0.05, 0.1) is 0 Å². The average Bonchev–Trinajstić information content (AvgIpc) is 2.98. The van der Waals surface area contributed by atoms with Gasteiger partial charge in [0.1, 0.15) is 0 Å². The Hall–Kier alpha value is -4.33. The van der Waals surface area contributed by atoms with Gasteiger partial charge in [-0.05, 0) is 31.9 Å². The van der Waals surface area contributed by atoms with Gasteiger partial charge in [0.25, 0.3) is 0 Å². The first-order valence-electron chi connectivity index (χ1n) is 12.8. The van der Waals surface area contributed by atoms with Crippen molar-refractivity contribution in [2.45, 2.75) is 20.8 Å². The average molecular weight is 531 g/mol. The van der Waals surface area contributed by atoms with Gasteiger partial charge in [0.2, 0.25) is 12.7 Å². The van der Waals surface area contributed by atoms with E-state index < -0.39 is 7.14 Å². The molecule has 5 rings (SSSR count). The van der Waals surface area contributed by atoms with Crippen LogP contribution in [0.2, 0.25) is 0 Å². The molecule has 194 valence electrons. The lowest BCUT2D eigenvalue weighted by Gasteiger charge is -2.20. The normalized spacial score (nSPS) is 10.7.